The van der Waals surface area contributed by atoms with Gasteiger partial charge in [-0.1, -0.05) is 29.8 Å². The molecule has 0 spiro atoms. The van der Waals surface area contributed by atoms with Gasteiger partial charge in [0.1, 0.15) is 12.4 Å². The Morgan fingerprint density at radius 1 is 1.27 bits per heavy atom. The molecule has 0 aliphatic carbocycles. The predicted molar refractivity (Wildman–Crippen MR) is 108 cm³/mol. The van der Waals surface area contributed by atoms with Gasteiger partial charge in [0.05, 0.1) is 23.7 Å². The van der Waals surface area contributed by atoms with Crippen molar-refractivity contribution in [3.05, 3.63) is 58.6 Å². The van der Waals surface area contributed by atoms with E-state index in [2.05, 4.69) is 10.6 Å². The first-order chi connectivity index (χ1) is 12.4. The molecule has 0 radical (unpaired) electrons. The molecule has 138 valence electrons. The van der Waals surface area contributed by atoms with E-state index < -0.39 is 5.97 Å². The van der Waals surface area contributed by atoms with Gasteiger partial charge >= 0.3 is 5.97 Å². The predicted octanol–water partition coefficient (Wildman–Crippen LogP) is 4.19. The summed E-state index contributed by atoms with van der Waals surface area (Å²) in [5, 5.41) is 6.91. The fraction of sp³-hybridized carbons (Fsp3) is 0.263. The minimum Gasteiger partial charge on any atom is -0.491 e. The van der Waals surface area contributed by atoms with Gasteiger partial charge in [0.15, 0.2) is 5.11 Å². The maximum absolute atomic E-state index is 11.7. The smallest absolute Gasteiger partial charge is 0.339 e. The summed E-state index contributed by atoms with van der Waals surface area (Å²) in [5.41, 5.74) is 1.99. The van der Waals surface area contributed by atoms with E-state index in [-0.39, 0.29) is 11.6 Å². The second-order valence-electron chi connectivity index (χ2n) is 5.76. The highest BCUT2D eigenvalue weighted by atomic mass is 35.5. The SMILES string of the molecule is COC(=O)c1cc(NC(=S)NC(C)COc2ccccc2C)ccc1Cl. The molecular weight excluding hydrogens is 372 g/mol. The van der Waals surface area contributed by atoms with Crippen LogP contribution in [0.25, 0.3) is 0 Å². The van der Waals surface area contributed by atoms with Crippen molar-refractivity contribution in [2.75, 3.05) is 19.0 Å². The van der Waals surface area contributed by atoms with Crippen LogP contribution in [0.5, 0.6) is 5.75 Å². The average molecular weight is 393 g/mol. The summed E-state index contributed by atoms with van der Waals surface area (Å²) in [4.78, 5) is 11.7. The van der Waals surface area contributed by atoms with Gasteiger partial charge in [-0.15, -0.1) is 0 Å². The lowest BCUT2D eigenvalue weighted by atomic mass is 10.2. The van der Waals surface area contributed by atoms with Crippen molar-refractivity contribution in [1.29, 1.82) is 0 Å². The van der Waals surface area contributed by atoms with Crippen molar-refractivity contribution < 1.29 is 14.3 Å². The highest BCUT2D eigenvalue weighted by Crippen LogP contribution is 2.21. The van der Waals surface area contributed by atoms with Crippen LogP contribution in [0.1, 0.15) is 22.8 Å². The third-order valence-corrected chi connectivity index (χ3v) is 4.14. The molecule has 26 heavy (non-hydrogen) atoms. The summed E-state index contributed by atoms with van der Waals surface area (Å²) in [6, 6.07) is 12.8. The molecule has 0 aliphatic rings. The molecule has 0 fully saturated rings. The van der Waals surface area contributed by atoms with E-state index in [1.165, 1.54) is 7.11 Å². The van der Waals surface area contributed by atoms with Crippen LogP contribution >= 0.6 is 23.8 Å². The Kier molecular flexibility index (Phi) is 7.24. The quantitative estimate of drug-likeness (QED) is 0.567. The Balaban J connectivity index is 1.90. The molecule has 5 nitrogen and oxygen atoms in total. The topological polar surface area (TPSA) is 59.6 Å². The molecule has 7 heteroatoms. The number of nitrogens with one attached hydrogen (secondary N) is 2. The normalized spacial score (nSPS) is 11.4. The van der Waals surface area contributed by atoms with Crippen molar-refractivity contribution in [2.24, 2.45) is 0 Å². The third kappa shape index (κ3) is 5.61. The van der Waals surface area contributed by atoms with E-state index in [0.717, 1.165) is 11.3 Å². The highest BCUT2D eigenvalue weighted by Gasteiger charge is 2.12. The summed E-state index contributed by atoms with van der Waals surface area (Å²) in [5.74, 6) is 0.345. The van der Waals surface area contributed by atoms with Gasteiger partial charge in [-0.2, -0.15) is 0 Å². The van der Waals surface area contributed by atoms with E-state index in [1.54, 1.807) is 18.2 Å². The Hall–Kier alpha value is -2.31. The van der Waals surface area contributed by atoms with Gasteiger partial charge in [-0.25, -0.2) is 4.79 Å². The molecule has 0 saturated heterocycles. The van der Waals surface area contributed by atoms with Gasteiger partial charge < -0.3 is 20.1 Å². The number of hydrogen-bond donors (Lipinski definition) is 2. The van der Waals surface area contributed by atoms with Crippen LogP contribution in [0.15, 0.2) is 42.5 Å². The van der Waals surface area contributed by atoms with Gasteiger partial charge in [-0.3, -0.25) is 0 Å². The first-order valence-electron chi connectivity index (χ1n) is 8.04. The summed E-state index contributed by atoms with van der Waals surface area (Å²) in [6.45, 7) is 4.42. The Morgan fingerprint density at radius 3 is 2.69 bits per heavy atom. The van der Waals surface area contributed by atoms with Crippen LogP contribution in [0.4, 0.5) is 5.69 Å². The number of anilines is 1. The van der Waals surface area contributed by atoms with E-state index in [1.807, 2.05) is 38.1 Å². The lowest BCUT2D eigenvalue weighted by molar-refractivity contribution is 0.0601. The van der Waals surface area contributed by atoms with Gasteiger partial charge in [0, 0.05) is 5.69 Å². The number of para-hydroxylation sites is 1. The maximum atomic E-state index is 11.7. The van der Waals surface area contributed by atoms with E-state index in [4.69, 9.17) is 33.3 Å². The zero-order valence-corrected chi connectivity index (χ0v) is 16.4. The number of ether oxygens (including phenoxy) is 2. The zero-order chi connectivity index (χ0) is 19.1. The van der Waals surface area contributed by atoms with Gasteiger partial charge in [-0.05, 0) is 55.9 Å². The molecule has 2 aromatic carbocycles. The first kappa shape index (κ1) is 20.0. The molecule has 0 aliphatic heterocycles. The van der Waals surface area contributed by atoms with Crippen LogP contribution in [0, 0.1) is 6.92 Å². The number of aryl methyl sites for hydroxylation is 1. The first-order valence-corrected chi connectivity index (χ1v) is 8.83. The zero-order valence-electron chi connectivity index (χ0n) is 14.8. The number of carbonyl (C=O) groups is 1. The molecule has 1 atom stereocenters. The van der Waals surface area contributed by atoms with Crippen LogP contribution in [0.2, 0.25) is 5.02 Å². The molecular formula is C19H21ClN2O3S. The summed E-state index contributed by atoms with van der Waals surface area (Å²) >= 11 is 11.3. The summed E-state index contributed by atoms with van der Waals surface area (Å²) < 4.78 is 10.5. The molecule has 2 rings (SSSR count). The molecule has 0 amide bonds. The van der Waals surface area contributed by atoms with Crippen LogP contribution in [-0.4, -0.2) is 30.8 Å². The number of halogens is 1. The minimum absolute atomic E-state index is 0.0121. The second-order valence-corrected chi connectivity index (χ2v) is 6.58. The summed E-state index contributed by atoms with van der Waals surface area (Å²) in [7, 11) is 1.31. The maximum Gasteiger partial charge on any atom is 0.339 e. The van der Waals surface area contributed by atoms with Crippen LogP contribution in [0.3, 0.4) is 0 Å². The average Bonchev–Trinajstić information content (AvgIpc) is 2.62. The van der Waals surface area contributed by atoms with Crippen molar-refractivity contribution in [3.8, 4) is 5.75 Å². The number of esters is 1. The van der Waals surface area contributed by atoms with E-state index in [0.29, 0.717) is 22.4 Å². The molecule has 0 heterocycles. The minimum atomic E-state index is -0.502. The van der Waals surface area contributed by atoms with Crippen molar-refractivity contribution in [2.45, 2.75) is 19.9 Å². The standard InChI is InChI=1S/C19H21ClN2O3S/c1-12-6-4-5-7-17(12)25-11-13(2)21-19(26)22-14-8-9-16(20)15(10-14)18(23)24-3/h4-10,13H,11H2,1-3H3,(H2,21,22,26). The lowest BCUT2D eigenvalue weighted by Crippen LogP contribution is -2.39. The molecule has 2 aromatic rings. The fourth-order valence-electron chi connectivity index (χ4n) is 2.24. The lowest BCUT2D eigenvalue weighted by Gasteiger charge is -2.18. The number of rotatable bonds is 6. The molecule has 1 unspecified atom stereocenters. The highest BCUT2D eigenvalue weighted by molar-refractivity contribution is 7.80. The van der Waals surface area contributed by atoms with Crippen LogP contribution < -0.4 is 15.4 Å². The molecule has 0 bridgehead atoms. The number of hydrogen-bond acceptors (Lipinski definition) is 4. The molecule has 2 N–H and O–H groups in total. The van der Waals surface area contributed by atoms with Crippen molar-refractivity contribution in [1.82, 2.24) is 5.32 Å². The van der Waals surface area contributed by atoms with Crippen LogP contribution in [-0.2, 0) is 4.74 Å². The molecule has 0 aromatic heterocycles. The van der Waals surface area contributed by atoms with Gasteiger partial charge in [0.25, 0.3) is 0 Å². The monoisotopic (exact) mass is 392 g/mol. The van der Waals surface area contributed by atoms with Gasteiger partial charge in [0.2, 0.25) is 0 Å². The van der Waals surface area contributed by atoms with E-state index in [9.17, 15) is 4.79 Å². The largest absolute Gasteiger partial charge is 0.491 e. The molecule has 0 saturated carbocycles. The Bertz CT molecular complexity index is 798. The van der Waals surface area contributed by atoms with Crippen molar-refractivity contribution in [3.63, 3.8) is 0 Å². The number of carbonyl (C=O) groups excluding carboxylic acids is 1. The summed E-state index contributed by atoms with van der Waals surface area (Å²) in [6.07, 6.45) is 0. The third-order valence-electron chi connectivity index (χ3n) is 3.59. The Labute approximate surface area is 163 Å². The number of methoxy groups -OCH3 is 1. The Morgan fingerprint density at radius 2 is 2.00 bits per heavy atom. The number of thiocarbonyl (C=S) groups is 1. The van der Waals surface area contributed by atoms with E-state index >= 15 is 0 Å². The number of benzene rings is 2. The van der Waals surface area contributed by atoms with Crippen molar-refractivity contribution >= 4 is 40.6 Å². The fourth-order valence-corrected chi connectivity index (χ4v) is 2.75. The second kappa shape index (κ2) is 9.40.